The van der Waals surface area contributed by atoms with E-state index in [0.29, 0.717) is 0 Å². The number of benzene rings is 5. The molecule has 2 nitrogen and oxygen atoms in total. The van der Waals surface area contributed by atoms with E-state index in [0.717, 1.165) is 30.3 Å². The second kappa shape index (κ2) is 9.73. The summed E-state index contributed by atoms with van der Waals surface area (Å²) in [4.78, 5) is 2.57. The minimum Gasteiger partial charge on any atom is -0.387 e. The van der Waals surface area contributed by atoms with Gasteiger partial charge in [0.15, 0.2) is 0 Å². The minimum atomic E-state index is -0.603. The van der Waals surface area contributed by atoms with E-state index in [1.54, 1.807) is 0 Å². The lowest BCUT2D eigenvalue weighted by atomic mass is 9.74. The summed E-state index contributed by atoms with van der Waals surface area (Å²) < 4.78 is 0. The number of fused-ring (bicyclic) bond motifs is 1. The number of aliphatic hydroxyl groups excluding tert-OH is 1. The quantitative estimate of drug-likeness (QED) is 0.263. The van der Waals surface area contributed by atoms with Gasteiger partial charge in [0.25, 0.3) is 0 Å². The van der Waals surface area contributed by atoms with E-state index in [4.69, 9.17) is 0 Å². The molecule has 0 spiro atoms. The molecule has 5 aromatic carbocycles. The second-order valence-electron chi connectivity index (χ2n) is 9.72. The molecular formula is C34H31NO. The maximum absolute atomic E-state index is 12.1. The number of rotatable bonds is 6. The largest absolute Gasteiger partial charge is 0.387 e. The zero-order valence-corrected chi connectivity index (χ0v) is 20.4. The summed E-state index contributed by atoms with van der Waals surface area (Å²) in [7, 11) is 0. The van der Waals surface area contributed by atoms with Crippen LogP contribution in [0.25, 0.3) is 10.8 Å². The van der Waals surface area contributed by atoms with Gasteiger partial charge in [0.05, 0.1) is 11.6 Å². The maximum Gasteiger partial charge on any atom is 0.0976 e. The fourth-order valence-electron chi connectivity index (χ4n) is 6.29. The Hall–Kier alpha value is -3.72. The first-order valence-corrected chi connectivity index (χ1v) is 12.9. The summed E-state index contributed by atoms with van der Waals surface area (Å²) in [6.45, 7) is 0.908. The molecule has 2 heteroatoms. The van der Waals surface area contributed by atoms with Crippen molar-refractivity contribution in [3.05, 3.63) is 156 Å². The molecule has 1 saturated heterocycles. The smallest absolute Gasteiger partial charge is 0.0976 e. The van der Waals surface area contributed by atoms with Crippen LogP contribution < -0.4 is 0 Å². The van der Waals surface area contributed by atoms with Crippen molar-refractivity contribution in [2.75, 3.05) is 6.54 Å². The number of likely N-dealkylation sites (tertiary alicyclic amines) is 1. The van der Waals surface area contributed by atoms with Crippen LogP contribution in [0.2, 0.25) is 0 Å². The molecule has 178 valence electrons. The van der Waals surface area contributed by atoms with Gasteiger partial charge in [-0.05, 0) is 45.9 Å². The van der Waals surface area contributed by atoms with Crippen LogP contribution in [0.5, 0.6) is 0 Å². The van der Waals surface area contributed by atoms with Crippen molar-refractivity contribution in [2.24, 2.45) is 0 Å². The van der Waals surface area contributed by atoms with Gasteiger partial charge in [-0.15, -0.1) is 0 Å². The molecule has 5 aromatic rings. The molecule has 1 unspecified atom stereocenters. The van der Waals surface area contributed by atoms with Gasteiger partial charge in [-0.25, -0.2) is 0 Å². The van der Waals surface area contributed by atoms with Gasteiger partial charge in [-0.1, -0.05) is 133 Å². The second-order valence-corrected chi connectivity index (χ2v) is 9.72. The molecule has 2 atom stereocenters. The van der Waals surface area contributed by atoms with E-state index < -0.39 is 11.6 Å². The molecule has 1 fully saturated rings. The third-order valence-corrected chi connectivity index (χ3v) is 7.81. The maximum atomic E-state index is 12.1. The van der Waals surface area contributed by atoms with Gasteiger partial charge < -0.3 is 5.11 Å². The summed E-state index contributed by atoms with van der Waals surface area (Å²) in [5, 5.41) is 14.3. The molecule has 36 heavy (non-hydrogen) atoms. The van der Waals surface area contributed by atoms with Crippen LogP contribution in [0, 0.1) is 0 Å². The van der Waals surface area contributed by atoms with Gasteiger partial charge in [0.2, 0.25) is 0 Å². The fourth-order valence-corrected chi connectivity index (χ4v) is 6.29. The molecule has 0 saturated carbocycles. The van der Waals surface area contributed by atoms with E-state index in [9.17, 15) is 5.11 Å². The van der Waals surface area contributed by atoms with Crippen LogP contribution in [-0.2, 0) is 5.54 Å². The van der Waals surface area contributed by atoms with Crippen molar-refractivity contribution >= 4 is 10.8 Å². The Morgan fingerprint density at radius 2 is 1.11 bits per heavy atom. The predicted octanol–water partition coefficient (Wildman–Crippen LogP) is 7.33. The Kier molecular flexibility index (Phi) is 6.14. The SMILES string of the molecule is OC(c1cccc2ccccc12)[C@@H]1CCCN1C(c1ccccc1)(c1ccccc1)c1ccccc1. The number of aliphatic hydroxyl groups is 1. The van der Waals surface area contributed by atoms with Crippen LogP contribution in [0.15, 0.2) is 133 Å². The van der Waals surface area contributed by atoms with Crippen LogP contribution in [0.3, 0.4) is 0 Å². The lowest BCUT2D eigenvalue weighted by Crippen LogP contribution is -2.52. The summed E-state index contributed by atoms with van der Waals surface area (Å²) in [6, 6.07) is 47.1. The molecule has 1 N–H and O–H groups in total. The standard InChI is InChI=1S/C34H31NO/c36-33(31-23-12-15-26-14-10-11-22-30(26)31)32-24-13-25-35(32)34(27-16-4-1-5-17-27,28-18-6-2-7-19-28)29-20-8-3-9-21-29/h1-12,14-23,32-33,36H,13,24-25H2/t32-,33?/m0/s1. The van der Waals surface area contributed by atoms with Crippen LogP contribution in [0.4, 0.5) is 0 Å². The fraction of sp³-hybridized carbons (Fsp3) is 0.176. The molecule has 0 radical (unpaired) electrons. The molecule has 0 bridgehead atoms. The highest BCUT2D eigenvalue weighted by Crippen LogP contribution is 2.48. The van der Waals surface area contributed by atoms with Crippen LogP contribution in [0.1, 0.15) is 41.2 Å². The number of hydrogen-bond acceptors (Lipinski definition) is 2. The Morgan fingerprint density at radius 1 is 0.611 bits per heavy atom. The molecule has 1 aliphatic rings. The van der Waals surface area contributed by atoms with Crippen molar-refractivity contribution in [2.45, 2.75) is 30.5 Å². The van der Waals surface area contributed by atoms with Crippen molar-refractivity contribution in [1.29, 1.82) is 0 Å². The average molecular weight is 470 g/mol. The summed E-state index contributed by atoms with van der Waals surface area (Å²) in [5.74, 6) is 0. The van der Waals surface area contributed by atoms with Crippen LogP contribution in [-0.4, -0.2) is 22.6 Å². The molecule has 1 aliphatic heterocycles. The third kappa shape index (κ3) is 3.74. The minimum absolute atomic E-state index is 0.0311. The summed E-state index contributed by atoms with van der Waals surface area (Å²) in [6.07, 6.45) is 1.38. The van der Waals surface area contributed by atoms with Gasteiger partial charge in [0, 0.05) is 12.6 Å². The van der Waals surface area contributed by atoms with E-state index in [1.807, 2.05) is 0 Å². The van der Waals surface area contributed by atoms with E-state index in [2.05, 4.69) is 138 Å². The van der Waals surface area contributed by atoms with Gasteiger partial charge in [-0.2, -0.15) is 0 Å². The molecular weight excluding hydrogens is 438 g/mol. The number of hydrogen-bond donors (Lipinski definition) is 1. The third-order valence-electron chi connectivity index (χ3n) is 7.81. The molecule has 0 amide bonds. The lowest BCUT2D eigenvalue weighted by Gasteiger charge is -2.47. The lowest BCUT2D eigenvalue weighted by molar-refractivity contribution is 0.0333. The first kappa shape index (κ1) is 22.7. The Balaban J connectivity index is 1.57. The Bertz CT molecular complexity index is 1330. The predicted molar refractivity (Wildman–Crippen MR) is 148 cm³/mol. The van der Waals surface area contributed by atoms with Gasteiger partial charge in [0.1, 0.15) is 0 Å². The molecule has 1 heterocycles. The first-order valence-electron chi connectivity index (χ1n) is 12.9. The average Bonchev–Trinajstić information content (AvgIpc) is 3.45. The zero-order valence-electron chi connectivity index (χ0n) is 20.4. The molecule has 6 rings (SSSR count). The van der Waals surface area contributed by atoms with Crippen molar-refractivity contribution in [3.63, 3.8) is 0 Å². The van der Waals surface area contributed by atoms with E-state index in [1.165, 1.54) is 22.1 Å². The topological polar surface area (TPSA) is 23.5 Å². The Labute approximate surface area is 213 Å². The summed E-state index contributed by atoms with van der Waals surface area (Å²) in [5.41, 5.74) is 4.16. The van der Waals surface area contributed by atoms with E-state index in [-0.39, 0.29) is 6.04 Å². The Morgan fingerprint density at radius 3 is 1.69 bits per heavy atom. The first-order chi connectivity index (χ1) is 17.8. The zero-order chi connectivity index (χ0) is 24.4. The van der Waals surface area contributed by atoms with Crippen molar-refractivity contribution < 1.29 is 5.11 Å². The van der Waals surface area contributed by atoms with Crippen molar-refractivity contribution in [3.8, 4) is 0 Å². The highest BCUT2D eigenvalue weighted by atomic mass is 16.3. The van der Waals surface area contributed by atoms with Crippen LogP contribution >= 0.6 is 0 Å². The highest BCUT2D eigenvalue weighted by Gasteiger charge is 2.48. The van der Waals surface area contributed by atoms with Gasteiger partial charge >= 0.3 is 0 Å². The highest BCUT2D eigenvalue weighted by molar-refractivity contribution is 5.86. The van der Waals surface area contributed by atoms with Gasteiger partial charge in [-0.3, -0.25) is 4.90 Å². The molecule has 0 aliphatic carbocycles. The number of nitrogens with zero attached hydrogens (tertiary/aromatic N) is 1. The molecule has 0 aromatic heterocycles. The van der Waals surface area contributed by atoms with E-state index >= 15 is 0 Å². The monoisotopic (exact) mass is 469 g/mol. The normalized spacial score (nSPS) is 17.3. The van der Waals surface area contributed by atoms with Crippen molar-refractivity contribution in [1.82, 2.24) is 4.90 Å². The summed E-state index contributed by atoms with van der Waals surface area (Å²) >= 11 is 0.